The molecule has 2 heterocycles. The van der Waals surface area contributed by atoms with Crippen LogP contribution in [0.2, 0.25) is 0 Å². The lowest BCUT2D eigenvalue weighted by Crippen LogP contribution is -2.09. The van der Waals surface area contributed by atoms with Gasteiger partial charge in [-0.1, -0.05) is 0 Å². The maximum atomic E-state index is 5.96. The topological polar surface area (TPSA) is 86.6 Å². The summed E-state index contributed by atoms with van der Waals surface area (Å²) in [5, 5.41) is 11.7. The molecule has 0 radical (unpaired) electrons. The quantitative estimate of drug-likeness (QED) is 0.807. The first kappa shape index (κ1) is 11.4. The van der Waals surface area contributed by atoms with Gasteiger partial charge in [0, 0.05) is 13.6 Å². The Hall–Kier alpha value is -2.05. The molecule has 0 aliphatic heterocycles. The summed E-state index contributed by atoms with van der Waals surface area (Å²) in [6, 6.07) is 0. The fourth-order valence-electron chi connectivity index (χ4n) is 1.64. The minimum Gasteiger partial charge on any atom is -0.394 e. The zero-order valence-electron chi connectivity index (χ0n) is 10.3. The van der Waals surface area contributed by atoms with Crippen LogP contribution in [0.1, 0.15) is 18.4 Å². The molecule has 0 atom stereocenters. The summed E-state index contributed by atoms with van der Waals surface area (Å²) in [4.78, 5) is 4.14. The summed E-state index contributed by atoms with van der Waals surface area (Å²) in [7, 11) is 1.84. The lowest BCUT2D eigenvalue weighted by molar-refractivity contribution is 0.656. The smallest absolute Gasteiger partial charge is 0.169 e. The average molecular weight is 235 g/mol. The second-order valence-corrected chi connectivity index (χ2v) is 3.85. The Bertz CT molecular complexity index is 511. The summed E-state index contributed by atoms with van der Waals surface area (Å²) < 4.78 is 3.51. The Kier molecular flexibility index (Phi) is 2.99. The molecule has 7 heteroatoms. The van der Waals surface area contributed by atoms with E-state index in [0.717, 1.165) is 23.9 Å². The molecule has 2 rings (SSSR count). The van der Waals surface area contributed by atoms with Crippen LogP contribution in [-0.2, 0) is 20.1 Å². The summed E-state index contributed by atoms with van der Waals surface area (Å²) in [6.45, 7) is 5.23. The van der Waals surface area contributed by atoms with E-state index in [1.165, 1.54) is 0 Å². The van der Waals surface area contributed by atoms with Gasteiger partial charge in [-0.05, 0) is 13.8 Å². The van der Waals surface area contributed by atoms with Gasteiger partial charge >= 0.3 is 0 Å². The van der Waals surface area contributed by atoms with Crippen LogP contribution in [0.5, 0.6) is 0 Å². The number of nitrogens with zero attached hydrogens (tertiary/aromatic N) is 5. The number of hydrogen-bond acceptors (Lipinski definition) is 5. The minimum absolute atomic E-state index is 0.538. The van der Waals surface area contributed by atoms with E-state index < -0.39 is 0 Å². The van der Waals surface area contributed by atoms with Crippen LogP contribution in [0.15, 0.2) is 6.33 Å². The number of nitrogens with one attached hydrogen (secondary N) is 1. The first-order valence-corrected chi connectivity index (χ1v) is 5.53. The first-order valence-electron chi connectivity index (χ1n) is 5.53. The van der Waals surface area contributed by atoms with Crippen LogP contribution in [0, 0.1) is 6.92 Å². The Labute approximate surface area is 99.6 Å². The van der Waals surface area contributed by atoms with E-state index in [1.54, 1.807) is 11.0 Å². The molecular weight excluding hydrogens is 218 g/mol. The predicted molar refractivity (Wildman–Crippen MR) is 65.4 cm³/mol. The molecular formula is C10H17N7. The average Bonchev–Trinajstić information content (AvgIpc) is 2.83. The molecule has 0 amide bonds. The second-order valence-electron chi connectivity index (χ2n) is 3.85. The Morgan fingerprint density at radius 1 is 1.41 bits per heavy atom. The van der Waals surface area contributed by atoms with Crippen LogP contribution >= 0.6 is 0 Å². The SMILES string of the molecule is CCn1nc(C)c(N)c1NCc1ncn(C)n1. The zero-order chi connectivity index (χ0) is 12.4. The standard InChI is InChI=1S/C10H17N7/c1-4-17-10(9(11)7(2)14-17)12-5-8-13-6-16(3)15-8/h6,12H,4-5,11H2,1-3H3. The lowest BCUT2D eigenvalue weighted by Gasteiger charge is -2.07. The maximum Gasteiger partial charge on any atom is 0.169 e. The van der Waals surface area contributed by atoms with Crippen molar-refractivity contribution in [3.63, 3.8) is 0 Å². The highest BCUT2D eigenvalue weighted by Gasteiger charge is 2.11. The van der Waals surface area contributed by atoms with E-state index in [1.807, 2.05) is 25.6 Å². The van der Waals surface area contributed by atoms with Crippen molar-refractivity contribution in [3.05, 3.63) is 17.8 Å². The first-order chi connectivity index (χ1) is 8.11. The van der Waals surface area contributed by atoms with Gasteiger partial charge in [0.2, 0.25) is 0 Å². The Morgan fingerprint density at radius 2 is 2.18 bits per heavy atom. The van der Waals surface area contributed by atoms with E-state index in [0.29, 0.717) is 12.2 Å². The highest BCUT2D eigenvalue weighted by molar-refractivity contribution is 5.64. The predicted octanol–water partition coefficient (Wildman–Crippen LogP) is 0.534. The molecule has 0 spiro atoms. The van der Waals surface area contributed by atoms with Crippen LogP contribution in [0.4, 0.5) is 11.5 Å². The molecule has 0 saturated carbocycles. The fourth-order valence-corrected chi connectivity index (χ4v) is 1.64. The summed E-state index contributed by atoms with van der Waals surface area (Å²) in [5.74, 6) is 1.56. The van der Waals surface area contributed by atoms with Crippen molar-refractivity contribution in [1.82, 2.24) is 24.5 Å². The number of nitrogens with two attached hydrogens (primary N) is 1. The third kappa shape index (κ3) is 2.22. The van der Waals surface area contributed by atoms with Gasteiger partial charge in [-0.25, -0.2) is 9.67 Å². The van der Waals surface area contributed by atoms with E-state index >= 15 is 0 Å². The molecule has 92 valence electrons. The lowest BCUT2D eigenvalue weighted by atomic mass is 10.4. The van der Waals surface area contributed by atoms with E-state index in [2.05, 4.69) is 20.5 Å². The molecule has 2 aromatic rings. The monoisotopic (exact) mass is 235 g/mol. The number of anilines is 2. The van der Waals surface area contributed by atoms with Gasteiger partial charge in [0.05, 0.1) is 17.9 Å². The van der Waals surface area contributed by atoms with Crippen molar-refractivity contribution >= 4 is 11.5 Å². The van der Waals surface area contributed by atoms with E-state index in [4.69, 9.17) is 5.73 Å². The maximum absolute atomic E-state index is 5.96. The summed E-state index contributed by atoms with van der Waals surface area (Å²) in [6.07, 6.45) is 1.67. The minimum atomic E-state index is 0.538. The van der Waals surface area contributed by atoms with Crippen LogP contribution in [0.25, 0.3) is 0 Å². The second kappa shape index (κ2) is 4.44. The van der Waals surface area contributed by atoms with Gasteiger partial charge in [-0.2, -0.15) is 10.2 Å². The Morgan fingerprint density at radius 3 is 2.76 bits per heavy atom. The third-order valence-corrected chi connectivity index (χ3v) is 2.53. The molecule has 3 N–H and O–H groups in total. The summed E-state index contributed by atoms with van der Waals surface area (Å²) >= 11 is 0. The highest BCUT2D eigenvalue weighted by Crippen LogP contribution is 2.22. The zero-order valence-corrected chi connectivity index (χ0v) is 10.3. The van der Waals surface area contributed by atoms with Crippen LogP contribution in [-0.4, -0.2) is 24.5 Å². The molecule has 17 heavy (non-hydrogen) atoms. The highest BCUT2D eigenvalue weighted by atomic mass is 15.4. The fraction of sp³-hybridized carbons (Fsp3) is 0.500. The molecule has 0 aliphatic rings. The van der Waals surface area contributed by atoms with Crippen molar-refractivity contribution in [3.8, 4) is 0 Å². The van der Waals surface area contributed by atoms with Crippen molar-refractivity contribution in [1.29, 1.82) is 0 Å². The molecule has 0 fully saturated rings. The van der Waals surface area contributed by atoms with Gasteiger partial charge < -0.3 is 11.1 Å². The summed E-state index contributed by atoms with van der Waals surface area (Å²) in [5.41, 5.74) is 7.48. The van der Waals surface area contributed by atoms with Gasteiger partial charge in [-0.3, -0.25) is 4.68 Å². The number of rotatable bonds is 4. The molecule has 0 bridgehead atoms. The van der Waals surface area contributed by atoms with Crippen LogP contribution < -0.4 is 11.1 Å². The molecule has 0 aromatic carbocycles. The van der Waals surface area contributed by atoms with Gasteiger partial charge in [0.1, 0.15) is 12.1 Å². The van der Waals surface area contributed by atoms with Crippen molar-refractivity contribution in [2.45, 2.75) is 26.9 Å². The Balaban J connectivity index is 2.13. The number of aryl methyl sites for hydroxylation is 3. The third-order valence-electron chi connectivity index (χ3n) is 2.53. The molecule has 0 unspecified atom stereocenters. The van der Waals surface area contributed by atoms with Crippen molar-refractivity contribution < 1.29 is 0 Å². The molecule has 2 aromatic heterocycles. The van der Waals surface area contributed by atoms with Gasteiger partial charge in [0.25, 0.3) is 0 Å². The molecule has 0 aliphatic carbocycles. The largest absolute Gasteiger partial charge is 0.394 e. The van der Waals surface area contributed by atoms with Gasteiger partial charge in [-0.15, -0.1) is 0 Å². The van der Waals surface area contributed by atoms with E-state index in [-0.39, 0.29) is 0 Å². The molecule has 0 saturated heterocycles. The molecule has 7 nitrogen and oxygen atoms in total. The van der Waals surface area contributed by atoms with Crippen molar-refractivity contribution in [2.75, 3.05) is 11.1 Å². The van der Waals surface area contributed by atoms with Crippen molar-refractivity contribution in [2.24, 2.45) is 7.05 Å². The number of aromatic nitrogens is 5. The van der Waals surface area contributed by atoms with Crippen LogP contribution in [0.3, 0.4) is 0 Å². The van der Waals surface area contributed by atoms with Gasteiger partial charge in [0.15, 0.2) is 5.82 Å². The number of nitrogen functional groups attached to an aromatic ring is 1. The normalized spacial score (nSPS) is 10.8. The number of hydrogen-bond donors (Lipinski definition) is 2. The van der Waals surface area contributed by atoms with E-state index in [9.17, 15) is 0 Å².